The van der Waals surface area contributed by atoms with Gasteiger partial charge in [0.15, 0.2) is 5.78 Å². The zero-order valence-electron chi connectivity index (χ0n) is 16.4. The number of aromatic nitrogens is 1. The first kappa shape index (κ1) is 19.6. The van der Waals surface area contributed by atoms with Crippen molar-refractivity contribution in [3.8, 4) is 0 Å². The Bertz CT molecular complexity index is 747. The van der Waals surface area contributed by atoms with E-state index < -0.39 is 5.97 Å². The monoisotopic (exact) mass is 375 g/mol. The number of aryl methyl sites for hydroxylation is 1. The molecule has 2 saturated heterocycles. The minimum absolute atomic E-state index is 0.0192. The number of carboxylic acids is 1. The third kappa shape index (κ3) is 3.93. The minimum Gasteiger partial charge on any atom is -0.481 e. The molecule has 2 aliphatic rings. The summed E-state index contributed by atoms with van der Waals surface area (Å²) in [4.78, 5) is 43.2. The van der Waals surface area contributed by atoms with Gasteiger partial charge >= 0.3 is 5.97 Å². The fraction of sp³-hybridized carbons (Fsp3) is 0.650. The van der Waals surface area contributed by atoms with E-state index in [1.807, 2.05) is 18.7 Å². The van der Waals surface area contributed by atoms with Crippen LogP contribution in [0.15, 0.2) is 0 Å². The molecule has 1 aromatic rings. The van der Waals surface area contributed by atoms with Crippen molar-refractivity contribution in [3.05, 3.63) is 22.5 Å². The molecule has 2 aliphatic heterocycles. The Hall–Kier alpha value is -2.15. The Labute approximate surface area is 159 Å². The number of carboxylic acid groups (broad SMARTS) is 1. The molecule has 1 atom stereocenters. The number of nitrogens with zero attached hydrogens (tertiary/aromatic N) is 2. The standard InChI is InChI=1S/C20H29N3O4/c1-12-17(13(2)21-18(12)14(3)24)19(25)22-9-6-16(7-10-22)23-8-4-5-15(11-23)20(26)27/h15-16,21H,4-11H2,1-3H3,(H,26,27)/t15-/m1/s1. The SMILES string of the molecule is CC(=O)c1[nH]c(C)c(C(=O)N2CCC(N3CCC[C@@H](C(=O)O)C3)CC2)c1C. The minimum atomic E-state index is -0.702. The van der Waals surface area contributed by atoms with Gasteiger partial charge in [-0.2, -0.15) is 0 Å². The molecule has 3 rings (SSSR count). The number of hydrogen-bond donors (Lipinski definition) is 2. The lowest BCUT2D eigenvalue weighted by Crippen LogP contribution is -2.50. The van der Waals surface area contributed by atoms with E-state index in [0.717, 1.165) is 43.5 Å². The second kappa shape index (κ2) is 7.84. The summed E-state index contributed by atoms with van der Waals surface area (Å²) < 4.78 is 0. The molecular formula is C20H29N3O4. The van der Waals surface area contributed by atoms with E-state index in [0.29, 0.717) is 36.9 Å². The van der Waals surface area contributed by atoms with Crippen LogP contribution in [0.2, 0.25) is 0 Å². The molecule has 0 saturated carbocycles. The van der Waals surface area contributed by atoms with E-state index in [2.05, 4.69) is 9.88 Å². The van der Waals surface area contributed by atoms with Gasteiger partial charge in [0.05, 0.1) is 17.2 Å². The zero-order chi connectivity index (χ0) is 19.7. The number of hydrogen-bond acceptors (Lipinski definition) is 4. The predicted octanol–water partition coefficient (Wildman–Crippen LogP) is 2.24. The Kier molecular flexibility index (Phi) is 5.69. The summed E-state index contributed by atoms with van der Waals surface area (Å²) in [6.07, 6.45) is 3.40. The van der Waals surface area contributed by atoms with Gasteiger partial charge in [-0.3, -0.25) is 19.3 Å². The predicted molar refractivity (Wildman–Crippen MR) is 101 cm³/mol. The lowest BCUT2D eigenvalue weighted by molar-refractivity contribution is -0.144. The van der Waals surface area contributed by atoms with Crippen molar-refractivity contribution in [2.75, 3.05) is 26.2 Å². The highest BCUT2D eigenvalue weighted by Crippen LogP contribution is 2.26. The number of aliphatic carboxylic acids is 1. The Balaban J connectivity index is 1.63. The quantitative estimate of drug-likeness (QED) is 0.787. The number of carbonyl (C=O) groups is 3. The molecule has 0 radical (unpaired) electrons. The number of likely N-dealkylation sites (tertiary alicyclic amines) is 2. The molecule has 2 fully saturated rings. The molecule has 0 spiro atoms. The molecule has 1 aromatic heterocycles. The Morgan fingerprint density at radius 1 is 1.07 bits per heavy atom. The van der Waals surface area contributed by atoms with Gasteiger partial charge in [0.1, 0.15) is 0 Å². The van der Waals surface area contributed by atoms with Gasteiger partial charge in [0.25, 0.3) is 5.91 Å². The van der Waals surface area contributed by atoms with Crippen molar-refractivity contribution < 1.29 is 19.5 Å². The third-order valence-electron chi connectivity index (χ3n) is 6.07. The van der Waals surface area contributed by atoms with Gasteiger partial charge in [0, 0.05) is 38.3 Å². The van der Waals surface area contributed by atoms with Gasteiger partial charge in [-0.25, -0.2) is 0 Å². The summed E-state index contributed by atoms with van der Waals surface area (Å²) in [6, 6.07) is 0.345. The van der Waals surface area contributed by atoms with Crippen molar-refractivity contribution in [1.29, 1.82) is 0 Å². The fourth-order valence-electron chi connectivity index (χ4n) is 4.55. The van der Waals surface area contributed by atoms with E-state index in [-0.39, 0.29) is 17.6 Å². The van der Waals surface area contributed by atoms with Crippen LogP contribution in [0.4, 0.5) is 0 Å². The first-order valence-corrected chi connectivity index (χ1v) is 9.75. The second-order valence-electron chi connectivity index (χ2n) is 7.88. The van der Waals surface area contributed by atoms with Crippen LogP contribution in [0.5, 0.6) is 0 Å². The summed E-state index contributed by atoms with van der Waals surface area (Å²) in [6.45, 7) is 8.04. The first-order chi connectivity index (χ1) is 12.8. The van der Waals surface area contributed by atoms with Crippen LogP contribution < -0.4 is 0 Å². The van der Waals surface area contributed by atoms with Crippen LogP contribution in [-0.4, -0.2) is 69.8 Å². The molecule has 2 N–H and O–H groups in total. The van der Waals surface area contributed by atoms with Gasteiger partial charge in [-0.15, -0.1) is 0 Å². The molecule has 3 heterocycles. The normalized spacial score (nSPS) is 22.0. The summed E-state index contributed by atoms with van der Waals surface area (Å²) >= 11 is 0. The highest BCUT2D eigenvalue weighted by Gasteiger charge is 2.33. The molecule has 0 aromatic carbocycles. The third-order valence-corrected chi connectivity index (χ3v) is 6.07. The number of Topliss-reactive ketones (excluding diaryl/α,β-unsaturated/α-hetero) is 1. The van der Waals surface area contributed by atoms with Crippen molar-refractivity contribution >= 4 is 17.7 Å². The number of aromatic amines is 1. The van der Waals surface area contributed by atoms with Gasteiger partial charge < -0.3 is 15.0 Å². The lowest BCUT2D eigenvalue weighted by atomic mass is 9.93. The van der Waals surface area contributed by atoms with Crippen LogP contribution in [0.3, 0.4) is 0 Å². The molecule has 0 bridgehead atoms. The number of H-pyrrole nitrogens is 1. The smallest absolute Gasteiger partial charge is 0.307 e. The highest BCUT2D eigenvalue weighted by atomic mass is 16.4. The van der Waals surface area contributed by atoms with E-state index in [4.69, 9.17) is 0 Å². The zero-order valence-corrected chi connectivity index (χ0v) is 16.4. The number of amides is 1. The fourth-order valence-corrected chi connectivity index (χ4v) is 4.55. The van der Waals surface area contributed by atoms with Crippen LogP contribution >= 0.6 is 0 Å². The van der Waals surface area contributed by atoms with Gasteiger partial charge in [-0.05, 0) is 51.6 Å². The van der Waals surface area contributed by atoms with E-state index in [1.54, 1.807) is 0 Å². The number of nitrogens with one attached hydrogen (secondary N) is 1. The highest BCUT2D eigenvalue weighted by molar-refractivity contribution is 6.02. The van der Waals surface area contributed by atoms with Gasteiger partial charge in [0.2, 0.25) is 0 Å². The Morgan fingerprint density at radius 3 is 2.30 bits per heavy atom. The summed E-state index contributed by atoms with van der Waals surface area (Å²) in [7, 11) is 0. The average molecular weight is 375 g/mol. The first-order valence-electron chi connectivity index (χ1n) is 9.75. The second-order valence-corrected chi connectivity index (χ2v) is 7.88. The largest absolute Gasteiger partial charge is 0.481 e. The molecular weight excluding hydrogens is 346 g/mol. The van der Waals surface area contributed by atoms with Crippen molar-refractivity contribution in [2.24, 2.45) is 5.92 Å². The molecule has 7 heteroatoms. The van der Waals surface area contributed by atoms with Crippen LogP contribution in [0, 0.1) is 19.8 Å². The maximum absolute atomic E-state index is 13.0. The number of rotatable bonds is 4. The number of piperidine rings is 2. The van der Waals surface area contributed by atoms with Crippen molar-refractivity contribution in [1.82, 2.24) is 14.8 Å². The van der Waals surface area contributed by atoms with E-state index >= 15 is 0 Å². The maximum atomic E-state index is 13.0. The lowest BCUT2D eigenvalue weighted by Gasteiger charge is -2.41. The molecule has 7 nitrogen and oxygen atoms in total. The summed E-state index contributed by atoms with van der Waals surface area (Å²) in [5.74, 6) is -1.05. The topological polar surface area (TPSA) is 93.7 Å². The van der Waals surface area contributed by atoms with Crippen LogP contribution in [0.25, 0.3) is 0 Å². The molecule has 0 aliphatic carbocycles. The summed E-state index contributed by atoms with van der Waals surface area (Å²) in [5.41, 5.74) is 2.60. The molecule has 0 unspecified atom stereocenters. The number of ketones is 1. The molecule has 1 amide bonds. The maximum Gasteiger partial charge on any atom is 0.307 e. The average Bonchev–Trinajstić information content (AvgIpc) is 2.96. The van der Waals surface area contributed by atoms with Crippen LogP contribution in [0.1, 0.15) is 64.7 Å². The van der Waals surface area contributed by atoms with E-state index in [1.165, 1.54) is 6.92 Å². The molecule has 148 valence electrons. The van der Waals surface area contributed by atoms with Gasteiger partial charge in [-0.1, -0.05) is 0 Å². The summed E-state index contributed by atoms with van der Waals surface area (Å²) in [5, 5.41) is 9.28. The van der Waals surface area contributed by atoms with E-state index in [9.17, 15) is 19.5 Å². The Morgan fingerprint density at radius 2 is 1.74 bits per heavy atom. The number of carbonyl (C=O) groups excluding carboxylic acids is 2. The van der Waals surface area contributed by atoms with Crippen molar-refractivity contribution in [3.63, 3.8) is 0 Å². The molecule has 27 heavy (non-hydrogen) atoms. The van der Waals surface area contributed by atoms with Crippen molar-refractivity contribution in [2.45, 2.75) is 52.5 Å². The van der Waals surface area contributed by atoms with Crippen LogP contribution in [-0.2, 0) is 4.79 Å².